The minimum absolute atomic E-state index is 0.0384. The van der Waals surface area contributed by atoms with Crippen molar-refractivity contribution in [2.75, 3.05) is 20.3 Å². The van der Waals surface area contributed by atoms with Crippen LogP contribution in [0.15, 0.2) is 24.3 Å². The molecule has 1 aliphatic rings. The Bertz CT molecular complexity index is 858. The first kappa shape index (κ1) is 21.0. The Balaban J connectivity index is 1.49. The lowest BCUT2D eigenvalue weighted by Gasteiger charge is -2.29. The van der Waals surface area contributed by atoms with Gasteiger partial charge in [-0.2, -0.15) is 0 Å². The summed E-state index contributed by atoms with van der Waals surface area (Å²) in [5.74, 6) is 0.395. The molecule has 8 nitrogen and oxygen atoms in total. The highest BCUT2D eigenvalue weighted by molar-refractivity contribution is 5.77. The van der Waals surface area contributed by atoms with Gasteiger partial charge < -0.3 is 20.5 Å². The maximum Gasteiger partial charge on any atom is 0.245 e. The molecular formula is C21H28N4O4. The summed E-state index contributed by atoms with van der Waals surface area (Å²) in [6.45, 7) is 0.101. The molecule has 1 fully saturated rings. The lowest BCUT2D eigenvalue weighted by molar-refractivity contribution is -0.125. The van der Waals surface area contributed by atoms with Crippen molar-refractivity contribution in [3.05, 3.63) is 30.0 Å². The van der Waals surface area contributed by atoms with E-state index in [0.717, 1.165) is 36.7 Å². The number of methoxy groups -OCH3 is 1. The Kier molecular flexibility index (Phi) is 7.35. The summed E-state index contributed by atoms with van der Waals surface area (Å²) < 4.78 is 5.34. The van der Waals surface area contributed by atoms with Gasteiger partial charge in [0.2, 0.25) is 17.7 Å². The van der Waals surface area contributed by atoms with Crippen molar-refractivity contribution >= 4 is 22.8 Å². The van der Waals surface area contributed by atoms with Crippen LogP contribution < -0.4 is 15.4 Å². The number of ether oxygens (including phenoxy) is 1. The van der Waals surface area contributed by atoms with E-state index in [1.165, 1.54) is 0 Å². The third-order valence-corrected chi connectivity index (χ3v) is 5.27. The Labute approximate surface area is 170 Å². The van der Waals surface area contributed by atoms with Gasteiger partial charge in [-0.05, 0) is 37.3 Å². The fourth-order valence-corrected chi connectivity index (χ4v) is 3.81. The van der Waals surface area contributed by atoms with Crippen molar-refractivity contribution < 1.29 is 19.4 Å². The summed E-state index contributed by atoms with van der Waals surface area (Å²) in [4.78, 5) is 32.7. The number of para-hydroxylation sites is 2. The van der Waals surface area contributed by atoms with Crippen LogP contribution in [0.1, 0.15) is 37.8 Å². The number of aromatic nitrogens is 2. The highest BCUT2D eigenvalue weighted by Gasteiger charge is 2.23. The second-order valence-electron chi connectivity index (χ2n) is 7.43. The van der Waals surface area contributed by atoms with Crippen molar-refractivity contribution in [3.8, 4) is 5.88 Å². The minimum atomic E-state index is -0.487. The molecule has 0 radical (unpaired) electrons. The molecule has 2 amide bonds. The third-order valence-electron chi connectivity index (χ3n) is 5.27. The molecule has 1 saturated carbocycles. The fourth-order valence-electron chi connectivity index (χ4n) is 3.81. The highest BCUT2D eigenvalue weighted by Crippen LogP contribution is 2.24. The summed E-state index contributed by atoms with van der Waals surface area (Å²) in [6.07, 6.45) is 4.51. The molecule has 2 atom stereocenters. The molecule has 1 aliphatic carbocycles. The zero-order valence-electron chi connectivity index (χ0n) is 16.7. The van der Waals surface area contributed by atoms with Crippen molar-refractivity contribution in [2.45, 2.75) is 44.6 Å². The Morgan fingerprint density at radius 2 is 1.93 bits per heavy atom. The van der Waals surface area contributed by atoms with Crippen LogP contribution in [0.3, 0.4) is 0 Å². The number of nitrogens with one attached hydrogen (secondary N) is 2. The normalized spacial score (nSPS) is 19.0. The maximum atomic E-state index is 12.3. The van der Waals surface area contributed by atoms with Crippen LogP contribution in [0.2, 0.25) is 0 Å². The van der Waals surface area contributed by atoms with E-state index in [1.807, 2.05) is 24.3 Å². The average Bonchev–Trinajstić information content (AvgIpc) is 2.75. The van der Waals surface area contributed by atoms with E-state index in [4.69, 9.17) is 9.84 Å². The van der Waals surface area contributed by atoms with Gasteiger partial charge in [-0.3, -0.25) is 9.59 Å². The van der Waals surface area contributed by atoms with E-state index < -0.39 is 6.61 Å². The van der Waals surface area contributed by atoms with Crippen LogP contribution in [0.5, 0.6) is 5.88 Å². The number of nitrogens with zero attached hydrogens (tertiary/aromatic N) is 2. The number of rotatable bonds is 8. The number of hydrogen-bond acceptors (Lipinski definition) is 6. The zero-order chi connectivity index (χ0) is 20.6. The van der Waals surface area contributed by atoms with Crippen molar-refractivity contribution in [1.29, 1.82) is 0 Å². The summed E-state index contributed by atoms with van der Waals surface area (Å²) in [5, 5.41) is 14.7. The molecule has 0 bridgehead atoms. The topological polar surface area (TPSA) is 113 Å². The molecule has 0 unspecified atom stereocenters. The lowest BCUT2D eigenvalue weighted by Crippen LogP contribution is -2.42. The number of carbonyl (C=O) groups excluding carboxylic acids is 2. The van der Waals surface area contributed by atoms with E-state index in [0.29, 0.717) is 36.9 Å². The largest absolute Gasteiger partial charge is 0.480 e. The highest BCUT2D eigenvalue weighted by atomic mass is 16.5. The summed E-state index contributed by atoms with van der Waals surface area (Å²) in [5.41, 5.74) is 2.21. The molecule has 8 heteroatoms. The number of aryl methyl sites for hydroxylation is 1. The van der Waals surface area contributed by atoms with Gasteiger partial charge in [-0.15, -0.1) is 0 Å². The van der Waals surface area contributed by atoms with Crippen LogP contribution in [0, 0.1) is 5.92 Å². The van der Waals surface area contributed by atoms with E-state index >= 15 is 0 Å². The molecule has 1 heterocycles. The van der Waals surface area contributed by atoms with Gasteiger partial charge in [0, 0.05) is 25.4 Å². The molecule has 0 saturated heterocycles. The van der Waals surface area contributed by atoms with Crippen LogP contribution in [0.25, 0.3) is 11.0 Å². The first-order chi connectivity index (χ1) is 14.1. The number of aliphatic hydroxyl groups excluding tert-OH is 1. The molecule has 3 rings (SSSR count). The van der Waals surface area contributed by atoms with Gasteiger partial charge in [0.05, 0.1) is 18.1 Å². The predicted octanol–water partition coefficient (Wildman–Crippen LogP) is 1.35. The number of amides is 2. The van der Waals surface area contributed by atoms with Crippen molar-refractivity contribution in [1.82, 2.24) is 20.6 Å². The first-order valence-corrected chi connectivity index (χ1v) is 10.1. The Morgan fingerprint density at radius 3 is 2.66 bits per heavy atom. The summed E-state index contributed by atoms with van der Waals surface area (Å²) >= 11 is 0. The Morgan fingerprint density at radius 1 is 1.17 bits per heavy atom. The number of hydrogen-bond donors (Lipinski definition) is 3. The molecule has 1 aromatic heterocycles. The van der Waals surface area contributed by atoms with Gasteiger partial charge in [-0.25, -0.2) is 9.97 Å². The van der Waals surface area contributed by atoms with E-state index in [9.17, 15) is 9.59 Å². The van der Waals surface area contributed by atoms with Crippen LogP contribution in [-0.2, 0) is 16.0 Å². The van der Waals surface area contributed by atoms with E-state index in [-0.39, 0.29) is 17.9 Å². The van der Waals surface area contributed by atoms with Gasteiger partial charge in [0.1, 0.15) is 12.3 Å². The van der Waals surface area contributed by atoms with Crippen LogP contribution in [0.4, 0.5) is 0 Å². The van der Waals surface area contributed by atoms with Gasteiger partial charge in [0.15, 0.2) is 0 Å². The number of fused-ring (bicyclic) bond motifs is 1. The molecule has 156 valence electrons. The molecule has 3 N–H and O–H groups in total. The molecular weight excluding hydrogens is 372 g/mol. The quantitative estimate of drug-likeness (QED) is 0.617. The fraction of sp³-hybridized carbons (Fsp3) is 0.524. The van der Waals surface area contributed by atoms with E-state index in [2.05, 4.69) is 20.6 Å². The minimum Gasteiger partial charge on any atom is -0.480 e. The second kappa shape index (κ2) is 10.2. The predicted molar refractivity (Wildman–Crippen MR) is 108 cm³/mol. The smallest absolute Gasteiger partial charge is 0.245 e. The summed E-state index contributed by atoms with van der Waals surface area (Å²) in [6, 6.07) is 7.64. The SMILES string of the molecule is COc1nc2ccccc2nc1CCC(=O)NC[C@@H]1CCC[C@H](NC(=O)CO)C1. The number of benzene rings is 1. The van der Waals surface area contributed by atoms with Crippen molar-refractivity contribution in [2.24, 2.45) is 5.92 Å². The molecule has 1 aromatic carbocycles. The lowest BCUT2D eigenvalue weighted by atomic mass is 9.85. The first-order valence-electron chi connectivity index (χ1n) is 10.1. The second-order valence-corrected chi connectivity index (χ2v) is 7.43. The third kappa shape index (κ3) is 5.87. The van der Waals surface area contributed by atoms with Gasteiger partial charge in [-0.1, -0.05) is 18.6 Å². The number of aliphatic hydroxyl groups is 1. The average molecular weight is 400 g/mol. The molecule has 29 heavy (non-hydrogen) atoms. The zero-order valence-corrected chi connectivity index (χ0v) is 16.7. The van der Waals surface area contributed by atoms with Gasteiger partial charge >= 0.3 is 0 Å². The van der Waals surface area contributed by atoms with E-state index in [1.54, 1.807) is 7.11 Å². The van der Waals surface area contributed by atoms with Gasteiger partial charge in [0.25, 0.3) is 0 Å². The molecule has 0 aliphatic heterocycles. The standard InChI is InChI=1S/C21H28N4O4/c1-29-21-18(24-16-7-2-3-8-17(16)25-21)9-10-19(27)22-12-14-5-4-6-15(11-14)23-20(28)13-26/h2-3,7-8,14-15,26H,4-6,9-13H2,1H3,(H,22,27)(H,23,28)/t14-,15+/m1/s1. The Hall–Kier alpha value is -2.74. The number of carbonyl (C=O) groups is 2. The molecule has 2 aromatic rings. The van der Waals surface area contributed by atoms with Crippen molar-refractivity contribution in [3.63, 3.8) is 0 Å². The molecule has 0 spiro atoms. The van der Waals surface area contributed by atoms with Crippen LogP contribution in [-0.4, -0.2) is 53.2 Å². The monoisotopic (exact) mass is 400 g/mol. The summed E-state index contributed by atoms with van der Waals surface area (Å²) in [7, 11) is 1.55. The van der Waals surface area contributed by atoms with Crippen LogP contribution >= 0.6 is 0 Å². The maximum absolute atomic E-state index is 12.3.